The Morgan fingerprint density at radius 3 is 2.57 bits per heavy atom. The number of sulfone groups is 1. The Hall–Kier alpha value is -1.07. The van der Waals surface area contributed by atoms with Crippen molar-refractivity contribution in [1.29, 1.82) is 0 Å². The molecule has 1 aromatic rings. The van der Waals surface area contributed by atoms with Crippen LogP contribution in [0.1, 0.15) is 44.7 Å². The van der Waals surface area contributed by atoms with Crippen molar-refractivity contribution < 1.29 is 13.2 Å². The van der Waals surface area contributed by atoms with E-state index >= 15 is 0 Å². The Kier molecular flexibility index (Phi) is 5.27. The molecule has 0 amide bonds. The quantitative estimate of drug-likeness (QED) is 0.908. The van der Waals surface area contributed by atoms with Crippen LogP contribution in [0.25, 0.3) is 0 Å². The van der Waals surface area contributed by atoms with Crippen LogP contribution in [0.4, 0.5) is 0 Å². The van der Waals surface area contributed by atoms with Crippen LogP contribution >= 0.6 is 0 Å². The number of ether oxygens (including phenoxy) is 1. The van der Waals surface area contributed by atoms with Crippen LogP contribution in [0, 0.1) is 0 Å². The lowest BCUT2D eigenvalue weighted by Gasteiger charge is -2.31. The molecule has 2 unspecified atom stereocenters. The van der Waals surface area contributed by atoms with Crippen molar-refractivity contribution in [3.63, 3.8) is 0 Å². The van der Waals surface area contributed by atoms with Gasteiger partial charge in [0, 0.05) is 5.56 Å². The first-order chi connectivity index (χ1) is 9.95. The molecule has 5 heteroatoms. The van der Waals surface area contributed by atoms with Gasteiger partial charge >= 0.3 is 0 Å². The Bertz CT molecular complexity index is 569. The lowest BCUT2D eigenvalue weighted by molar-refractivity contribution is 0.237. The van der Waals surface area contributed by atoms with Gasteiger partial charge in [0.25, 0.3) is 0 Å². The minimum absolute atomic E-state index is 0.0617. The van der Waals surface area contributed by atoms with Gasteiger partial charge in [-0.15, -0.1) is 0 Å². The summed E-state index contributed by atoms with van der Waals surface area (Å²) >= 11 is 0. The lowest BCUT2D eigenvalue weighted by atomic mass is 9.98. The highest BCUT2D eigenvalue weighted by atomic mass is 32.2. The Balaban J connectivity index is 2.37. The largest absolute Gasteiger partial charge is 0.491 e. The summed E-state index contributed by atoms with van der Waals surface area (Å²) in [6.45, 7) is 3.95. The maximum absolute atomic E-state index is 12.4. The van der Waals surface area contributed by atoms with Crippen LogP contribution in [0.3, 0.4) is 0 Å². The van der Waals surface area contributed by atoms with Gasteiger partial charge in [0.2, 0.25) is 0 Å². The van der Waals surface area contributed by atoms with Crippen LogP contribution in [0.5, 0.6) is 5.75 Å². The molecule has 1 fully saturated rings. The summed E-state index contributed by atoms with van der Waals surface area (Å²) in [5.74, 6) is 1.07. The number of hydrogen-bond acceptors (Lipinski definition) is 4. The molecule has 0 aliphatic carbocycles. The third-order valence-electron chi connectivity index (χ3n) is 3.93. The fraction of sp³-hybridized carbons (Fsp3) is 0.625. The van der Waals surface area contributed by atoms with Crippen LogP contribution in [0.2, 0.25) is 0 Å². The molecule has 1 aliphatic heterocycles. The molecular weight excluding hydrogens is 286 g/mol. The summed E-state index contributed by atoms with van der Waals surface area (Å²) < 4.78 is 30.7. The predicted octanol–water partition coefficient (Wildman–Crippen LogP) is 2.70. The molecule has 1 heterocycles. The van der Waals surface area contributed by atoms with E-state index in [1.54, 1.807) is 0 Å². The molecule has 2 rings (SSSR count). The van der Waals surface area contributed by atoms with E-state index in [-0.39, 0.29) is 17.4 Å². The molecule has 1 aromatic carbocycles. The Morgan fingerprint density at radius 1 is 1.24 bits per heavy atom. The molecule has 1 N–H and O–H groups in total. The molecule has 0 radical (unpaired) electrons. The van der Waals surface area contributed by atoms with E-state index < -0.39 is 9.84 Å². The third-order valence-corrected chi connectivity index (χ3v) is 6.22. The third kappa shape index (κ3) is 3.77. The minimum atomic E-state index is -3.05. The van der Waals surface area contributed by atoms with Crippen molar-refractivity contribution >= 4 is 9.84 Å². The summed E-state index contributed by atoms with van der Waals surface area (Å²) in [5, 5.41) is 2.83. The van der Waals surface area contributed by atoms with Crippen LogP contribution in [-0.2, 0) is 9.84 Å². The second-order valence-electron chi connectivity index (χ2n) is 5.87. The van der Waals surface area contributed by atoms with Gasteiger partial charge in [0.1, 0.15) is 5.75 Å². The first-order valence-corrected chi connectivity index (χ1v) is 9.31. The van der Waals surface area contributed by atoms with Gasteiger partial charge in [-0.3, -0.25) is 0 Å². The van der Waals surface area contributed by atoms with Gasteiger partial charge in [-0.05, 0) is 39.8 Å². The van der Waals surface area contributed by atoms with Crippen molar-refractivity contribution in [2.45, 2.75) is 50.5 Å². The highest BCUT2D eigenvalue weighted by Crippen LogP contribution is 2.35. The topological polar surface area (TPSA) is 55.4 Å². The molecule has 0 aromatic heterocycles. The zero-order chi connectivity index (χ0) is 15.5. The van der Waals surface area contributed by atoms with Gasteiger partial charge in [-0.2, -0.15) is 0 Å². The number of hydrogen-bond donors (Lipinski definition) is 1. The molecule has 1 saturated heterocycles. The zero-order valence-corrected chi connectivity index (χ0v) is 13.8. The maximum Gasteiger partial charge on any atom is 0.155 e. The molecule has 4 nitrogen and oxygen atoms in total. The van der Waals surface area contributed by atoms with Crippen molar-refractivity contribution in [3.8, 4) is 5.75 Å². The second kappa shape index (κ2) is 6.79. The average Bonchev–Trinajstić information content (AvgIpc) is 2.42. The normalized spacial score (nSPS) is 23.0. The summed E-state index contributed by atoms with van der Waals surface area (Å²) in [5.41, 5.74) is 0.934. The number of nitrogens with one attached hydrogen (secondary N) is 1. The average molecular weight is 311 g/mol. The highest BCUT2D eigenvalue weighted by Gasteiger charge is 2.36. The summed E-state index contributed by atoms with van der Waals surface area (Å²) in [4.78, 5) is 0. The van der Waals surface area contributed by atoms with Crippen molar-refractivity contribution in [1.82, 2.24) is 5.32 Å². The fourth-order valence-electron chi connectivity index (χ4n) is 2.99. The van der Waals surface area contributed by atoms with E-state index in [9.17, 15) is 8.42 Å². The summed E-state index contributed by atoms with van der Waals surface area (Å²) in [6.07, 6.45) is 2.52. The number of rotatable bonds is 5. The minimum Gasteiger partial charge on any atom is -0.491 e. The fourth-order valence-corrected chi connectivity index (χ4v) is 5.13. The van der Waals surface area contributed by atoms with E-state index in [4.69, 9.17) is 4.74 Å². The SMILES string of the molecule is CNC(c1ccccc1OC(C)C)C1CCCCS1(=O)=O. The van der Waals surface area contributed by atoms with Crippen molar-refractivity contribution in [2.24, 2.45) is 0 Å². The van der Waals surface area contributed by atoms with Crippen LogP contribution in [-0.4, -0.2) is 32.6 Å². The van der Waals surface area contributed by atoms with E-state index in [1.165, 1.54) is 0 Å². The van der Waals surface area contributed by atoms with Gasteiger partial charge in [-0.25, -0.2) is 8.42 Å². The number of benzene rings is 1. The number of para-hydroxylation sites is 1. The van der Waals surface area contributed by atoms with Gasteiger partial charge in [-0.1, -0.05) is 24.6 Å². The zero-order valence-electron chi connectivity index (χ0n) is 13.0. The maximum atomic E-state index is 12.4. The molecule has 0 bridgehead atoms. The first-order valence-electron chi connectivity index (χ1n) is 7.60. The molecule has 118 valence electrons. The van der Waals surface area contributed by atoms with Crippen LogP contribution < -0.4 is 10.1 Å². The molecule has 0 saturated carbocycles. The first kappa shape index (κ1) is 16.3. The van der Waals surface area contributed by atoms with Gasteiger partial charge in [0.05, 0.1) is 23.1 Å². The van der Waals surface area contributed by atoms with Gasteiger partial charge in [0.15, 0.2) is 9.84 Å². The standard InChI is InChI=1S/C16H25NO3S/c1-12(2)20-14-9-5-4-8-13(14)16(17-3)15-10-6-7-11-21(15,18)19/h4-5,8-9,12,15-17H,6-7,10-11H2,1-3H3. The molecule has 21 heavy (non-hydrogen) atoms. The Morgan fingerprint density at radius 2 is 1.95 bits per heavy atom. The molecular formula is C16H25NO3S. The molecule has 1 aliphatic rings. The van der Waals surface area contributed by atoms with E-state index in [1.807, 2.05) is 45.2 Å². The summed E-state index contributed by atoms with van der Waals surface area (Å²) in [7, 11) is -1.23. The van der Waals surface area contributed by atoms with Crippen molar-refractivity contribution in [3.05, 3.63) is 29.8 Å². The predicted molar refractivity (Wildman–Crippen MR) is 85.4 cm³/mol. The molecule has 0 spiro atoms. The monoisotopic (exact) mass is 311 g/mol. The van der Waals surface area contributed by atoms with E-state index in [0.29, 0.717) is 12.2 Å². The molecule has 2 atom stereocenters. The van der Waals surface area contributed by atoms with Crippen molar-refractivity contribution in [2.75, 3.05) is 12.8 Å². The smallest absolute Gasteiger partial charge is 0.155 e. The highest BCUT2D eigenvalue weighted by molar-refractivity contribution is 7.92. The second-order valence-corrected chi connectivity index (χ2v) is 8.21. The van der Waals surface area contributed by atoms with Crippen LogP contribution in [0.15, 0.2) is 24.3 Å². The van der Waals surface area contributed by atoms with Gasteiger partial charge < -0.3 is 10.1 Å². The summed E-state index contributed by atoms with van der Waals surface area (Å²) in [6, 6.07) is 7.51. The lowest BCUT2D eigenvalue weighted by Crippen LogP contribution is -2.39. The van der Waals surface area contributed by atoms with E-state index in [0.717, 1.165) is 24.2 Å². The van der Waals surface area contributed by atoms with E-state index in [2.05, 4.69) is 5.32 Å². The Labute approximate surface area is 127 Å².